The quantitative estimate of drug-likeness (QED) is 0.873. The number of hydrogen-bond acceptors (Lipinski definition) is 4. The van der Waals surface area contributed by atoms with Gasteiger partial charge in [0.25, 0.3) is 5.91 Å². The van der Waals surface area contributed by atoms with Gasteiger partial charge in [-0.2, -0.15) is 20.2 Å². The molecule has 0 atom stereocenters. The molecule has 1 amide bonds. The van der Waals surface area contributed by atoms with Crippen molar-refractivity contribution in [3.8, 4) is 0 Å². The number of hydrogen-bond donors (Lipinski definition) is 1. The van der Waals surface area contributed by atoms with E-state index < -0.39 is 16.1 Å². The fourth-order valence-corrected chi connectivity index (χ4v) is 3.71. The van der Waals surface area contributed by atoms with Crippen molar-refractivity contribution in [1.82, 2.24) is 4.72 Å². The Morgan fingerprint density at radius 3 is 2.30 bits per heavy atom. The summed E-state index contributed by atoms with van der Waals surface area (Å²) in [6, 6.07) is 6.82. The molecule has 1 N–H and O–H groups in total. The maximum Gasteiger partial charge on any atom is 0.326 e. The minimum atomic E-state index is -3.71. The van der Waals surface area contributed by atoms with Crippen molar-refractivity contribution in [2.24, 2.45) is 0 Å². The first-order chi connectivity index (χ1) is 9.42. The minimum absolute atomic E-state index is 0.176. The third kappa shape index (κ3) is 4.68. The van der Waals surface area contributed by atoms with E-state index in [4.69, 9.17) is 0 Å². The number of carbonyl (C=O) groups excluding carboxylic acids is 1. The van der Waals surface area contributed by atoms with E-state index in [1.165, 1.54) is 11.5 Å². The molecule has 5 nitrogen and oxygen atoms in total. The highest BCUT2D eigenvalue weighted by atomic mass is 79.9. The van der Waals surface area contributed by atoms with E-state index in [-0.39, 0.29) is 6.54 Å². The maximum absolute atomic E-state index is 11.5. The monoisotopic (exact) mass is 380 g/mol. The fraction of sp³-hybridized carbons (Fsp3) is 0.417. The van der Waals surface area contributed by atoms with Crippen LogP contribution < -0.4 is 9.03 Å². The van der Waals surface area contributed by atoms with E-state index in [9.17, 15) is 13.2 Å². The van der Waals surface area contributed by atoms with Crippen molar-refractivity contribution in [1.29, 1.82) is 0 Å². The second-order valence-corrected chi connectivity index (χ2v) is 7.78. The summed E-state index contributed by atoms with van der Waals surface area (Å²) in [6.07, 6.45) is 0. The Kier molecular flexibility index (Phi) is 6.84. The average molecular weight is 381 g/mol. The minimum Gasteiger partial charge on any atom is -0.272 e. The number of nitrogens with one attached hydrogen (secondary N) is 1. The number of thioether (sulfide) groups is 1. The lowest BCUT2D eigenvalue weighted by atomic mass is 10.3. The van der Waals surface area contributed by atoms with Gasteiger partial charge < -0.3 is 0 Å². The second kappa shape index (κ2) is 7.90. The molecule has 0 aliphatic carbocycles. The van der Waals surface area contributed by atoms with Crippen LogP contribution in [0.1, 0.15) is 13.8 Å². The predicted molar refractivity (Wildman–Crippen MR) is 87.2 cm³/mol. The number of carbonyl (C=O) groups is 1. The van der Waals surface area contributed by atoms with Gasteiger partial charge in [-0.3, -0.25) is 4.79 Å². The molecule has 1 aromatic carbocycles. The van der Waals surface area contributed by atoms with Gasteiger partial charge in [-0.15, -0.1) is 0 Å². The van der Waals surface area contributed by atoms with Crippen LogP contribution in [-0.4, -0.2) is 32.4 Å². The third-order valence-corrected chi connectivity index (χ3v) is 5.23. The van der Waals surface area contributed by atoms with Crippen LogP contribution in [0.15, 0.2) is 28.7 Å². The van der Waals surface area contributed by atoms with Crippen LogP contribution in [0.5, 0.6) is 0 Å². The van der Waals surface area contributed by atoms with Crippen LogP contribution in [0.25, 0.3) is 0 Å². The highest BCUT2D eigenvalue weighted by Crippen LogP contribution is 2.28. The zero-order valence-corrected chi connectivity index (χ0v) is 14.5. The largest absolute Gasteiger partial charge is 0.326 e. The lowest BCUT2D eigenvalue weighted by Crippen LogP contribution is -2.29. The smallest absolute Gasteiger partial charge is 0.272 e. The van der Waals surface area contributed by atoms with E-state index in [1.807, 2.05) is 16.5 Å². The first kappa shape index (κ1) is 17.3. The summed E-state index contributed by atoms with van der Waals surface area (Å²) in [5.41, 5.74) is 0.454. The van der Waals surface area contributed by atoms with Gasteiger partial charge in [0.15, 0.2) is 0 Å². The molecule has 1 heterocycles. The first-order valence-corrected chi connectivity index (χ1v) is 9.46. The normalized spacial score (nSPS) is 16.4. The summed E-state index contributed by atoms with van der Waals surface area (Å²) in [6.45, 7) is 4.17. The summed E-state index contributed by atoms with van der Waals surface area (Å²) in [5, 5.41) is 0. The average Bonchev–Trinajstić information content (AvgIpc) is 2.65. The standard InChI is InChI=1S/C8H7BrN2O3S.C4H10S/c9-6-3-1-2-4-7(6)11-5-8(12)10-15(11,13)14;1-3-5-4-2/h1-4H,5H2,(H,10,12);3-4H2,1-2H3. The zero-order chi connectivity index (χ0) is 15.2. The molecule has 0 unspecified atom stereocenters. The number of rotatable bonds is 3. The molecule has 1 aliphatic heterocycles. The van der Waals surface area contributed by atoms with Gasteiger partial charge in [0.1, 0.15) is 6.54 Å². The molecule has 1 aliphatic rings. The van der Waals surface area contributed by atoms with Crippen LogP contribution in [0.3, 0.4) is 0 Å². The summed E-state index contributed by atoms with van der Waals surface area (Å²) in [5.74, 6) is 2.00. The van der Waals surface area contributed by atoms with Crippen LogP contribution in [0.4, 0.5) is 5.69 Å². The molecule has 8 heteroatoms. The molecule has 1 aromatic rings. The molecule has 0 spiro atoms. The number of para-hydroxylation sites is 1. The number of halogens is 1. The van der Waals surface area contributed by atoms with E-state index in [1.54, 1.807) is 24.3 Å². The van der Waals surface area contributed by atoms with Crippen LogP contribution in [0.2, 0.25) is 0 Å². The lowest BCUT2D eigenvalue weighted by Gasteiger charge is -2.15. The molecule has 20 heavy (non-hydrogen) atoms. The number of nitrogens with zero attached hydrogens (tertiary/aromatic N) is 1. The Morgan fingerprint density at radius 2 is 1.90 bits per heavy atom. The van der Waals surface area contributed by atoms with Gasteiger partial charge in [0.2, 0.25) is 0 Å². The van der Waals surface area contributed by atoms with Crippen LogP contribution >= 0.6 is 27.7 Å². The first-order valence-electron chi connectivity index (χ1n) is 6.08. The molecule has 0 radical (unpaired) electrons. The lowest BCUT2D eigenvalue weighted by molar-refractivity contribution is -0.117. The number of amides is 1. The highest BCUT2D eigenvalue weighted by Gasteiger charge is 2.34. The van der Waals surface area contributed by atoms with Gasteiger partial charge in [-0.1, -0.05) is 26.0 Å². The molecule has 0 aromatic heterocycles. The topological polar surface area (TPSA) is 66.5 Å². The summed E-state index contributed by atoms with van der Waals surface area (Å²) in [4.78, 5) is 11.0. The van der Waals surface area contributed by atoms with E-state index in [2.05, 4.69) is 29.8 Å². The molecule has 0 saturated carbocycles. The van der Waals surface area contributed by atoms with Gasteiger partial charge in [-0.05, 0) is 39.6 Å². The van der Waals surface area contributed by atoms with Gasteiger partial charge >= 0.3 is 10.2 Å². The number of anilines is 1. The molecule has 1 saturated heterocycles. The van der Waals surface area contributed by atoms with Crippen molar-refractivity contribution in [2.45, 2.75) is 13.8 Å². The highest BCUT2D eigenvalue weighted by molar-refractivity contribution is 9.10. The van der Waals surface area contributed by atoms with Gasteiger partial charge in [-0.25, -0.2) is 9.03 Å². The third-order valence-electron chi connectivity index (χ3n) is 2.35. The maximum atomic E-state index is 11.5. The number of benzene rings is 1. The van der Waals surface area contributed by atoms with Crippen molar-refractivity contribution in [3.63, 3.8) is 0 Å². The zero-order valence-electron chi connectivity index (χ0n) is 11.3. The van der Waals surface area contributed by atoms with Crippen LogP contribution in [0, 0.1) is 0 Å². The van der Waals surface area contributed by atoms with Gasteiger partial charge in [0.05, 0.1) is 5.69 Å². The second-order valence-electron chi connectivity index (χ2n) is 3.77. The molecular weight excluding hydrogens is 364 g/mol. The molecule has 112 valence electrons. The van der Waals surface area contributed by atoms with Crippen molar-refractivity contribution < 1.29 is 13.2 Å². The van der Waals surface area contributed by atoms with E-state index in [0.717, 1.165) is 4.31 Å². The van der Waals surface area contributed by atoms with Crippen molar-refractivity contribution in [3.05, 3.63) is 28.7 Å². The Balaban J connectivity index is 0.000000347. The van der Waals surface area contributed by atoms with E-state index >= 15 is 0 Å². The van der Waals surface area contributed by atoms with Crippen LogP contribution in [-0.2, 0) is 15.0 Å². The van der Waals surface area contributed by atoms with Crippen molar-refractivity contribution >= 4 is 49.5 Å². The molecule has 2 rings (SSSR count). The molecule has 1 fully saturated rings. The van der Waals surface area contributed by atoms with E-state index in [0.29, 0.717) is 10.2 Å². The molecular formula is C12H17BrN2O3S2. The predicted octanol–water partition coefficient (Wildman–Crippen LogP) is 2.39. The molecule has 0 bridgehead atoms. The van der Waals surface area contributed by atoms with Crippen molar-refractivity contribution in [2.75, 3.05) is 22.4 Å². The summed E-state index contributed by atoms with van der Waals surface area (Å²) >= 11 is 5.20. The Labute approximate surface area is 132 Å². The SMILES string of the molecule is CCSCC.O=C1CN(c2ccccc2Br)S(=O)(=O)N1. The Morgan fingerprint density at radius 1 is 1.30 bits per heavy atom. The summed E-state index contributed by atoms with van der Waals surface area (Å²) in [7, 11) is -3.71. The summed E-state index contributed by atoms with van der Waals surface area (Å²) < 4.78 is 26.6. The van der Waals surface area contributed by atoms with Gasteiger partial charge in [0, 0.05) is 4.47 Å². The fourth-order valence-electron chi connectivity index (χ4n) is 1.52. The Bertz CT molecular complexity index is 562. The Hall–Kier alpha value is -0.730.